The van der Waals surface area contributed by atoms with Crippen LogP contribution in [0.2, 0.25) is 0 Å². The molecule has 1 amide bonds. The van der Waals surface area contributed by atoms with Crippen molar-refractivity contribution in [1.29, 1.82) is 0 Å². The Kier molecular flexibility index (Phi) is 5.36. The summed E-state index contributed by atoms with van der Waals surface area (Å²) >= 11 is 0. The Labute approximate surface area is 114 Å². The van der Waals surface area contributed by atoms with Gasteiger partial charge >= 0.3 is 0 Å². The molecule has 1 aliphatic heterocycles. The number of carbonyl (C=O) groups excluding carboxylic acids is 1. The highest BCUT2D eigenvalue weighted by Gasteiger charge is 2.23. The number of rotatable bonds is 6. The number of benzene rings is 1. The van der Waals surface area contributed by atoms with Crippen molar-refractivity contribution >= 4 is 5.91 Å². The normalized spacial score (nSPS) is 19.7. The Bertz CT molecular complexity index is 394. The fraction of sp³-hybridized carbons (Fsp3) is 0.533. The Hall–Kier alpha value is -1.39. The van der Waals surface area contributed by atoms with Crippen molar-refractivity contribution in [3.05, 3.63) is 35.9 Å². The molecule has 1 heterocycles. The molecule has 1 fully saturated rings. The van der Waals surface area contributed by atoms with Crippen LogP contribution in [0.15, 0.2) is 30.3 Å². The fourth-order valence-corrected chi connectivity index (χ4v) is 2.23. The van der Waals surface area contributed by atoms with Gasteiger partial charge in [-0.2, -0.15) is 0 Å². The zero-order chi connectivity index (χ0) is 13.5. The van der Waals surface area contributed by atoms with Crippen LogP contribution in [0.4, 0.5) is 0 Å². The molecule has 19 heavy (non-hydrogen) atoms. The molecule has 1 aromatic rings. The number of nitrogens with one attached hydrogen (secondary N) is 1. The number of ether oxygens (including phenoxy) is 1. The van der Waals surface area contributed by atoms with Crippen molar-refractivity contribution in [2.45, 2.75) is 26.0 Å². The summed E-state index contributed by atoms with van der Waals surface area (Å²) < 4.78 is 5.62. The molecule has 4 nitrogen and oxygen atoms in total. The van der Waals surface area contributed by atoms with Gasteiger partial charge in [0.05, 0.1) is 12.6 Å². The fourth-order valence-electron chi connectivity index (χ4n) is 2.23. The van der Waals surface area contributed by atoms with Crippen LogP contribution in [0.25, 0.3) is 0 Å². The van der Waals surface area contributed by atoms with Gasteiger partial charge in [0, 0.05) is 26.2 Å². The molecule has 2 rings (SSSR count). The van der Waals surface area contributed by atoms with Gasteiger partial charge in [-0.25, -0.2) is 0 Å². The van der Waals surface area contributed by atoms with Crippen molar-refractivity contribution < 1.29 is 9.53 Å². The van der Waals surface area contributed by atoms with E-state index in [4.69, 9.17) is 4.74 Å². The molecule has 0 aromatic heterocycles. The number of piperazine rings is 1. The Morgan fingerprint density at radius 3 is 2.95 bits per heavy atom. The molecule has 0 aliphatic carbocycles. The molecule has 1 aliphatic rings. The van der Waals surface area contributed by atoms with E-state index in [1.165, 1.54) is 5.56 Å². The second-order valence-electron chi connectivity index (χ2n) is 4.89. The van der Waals surface area contributed by atoms with Crippen molar-refractivity contribution in [2.24, 2.45) is 0 Å². The third kappa shape index (κ3) is 4.33. The van der Waals surface area contributed by atoms with Crippen LogP contribution < -0.4 is 5.32 Å². The molecule has 1 N–H and O–H groups in total. The molecule has 1 aromatic carbocycles. The second-order valence-corrected chi connectivity index (χ2v) is 4.89. The van der Waals surface area contributed by atoms with E-state index in [1.807, 2.05) is 30.0 Å². The summed E-state index contributed by atoms with van der Waals surface area (Å²) in [5.74, 6) is 0.203. The molecule has 4 heteroatoms. The first-order chi connectivity index (χ1) is 9.27. The largest absolute Gasteiger partial charge is 0.377 e. The summed E-state index contributed by atoms with van der Waals surface area (Å²) in [7, 11) is 0. The summed E-state index contributed by atoms with van der Waals surface area (Å²) in [4.78, 5) is 13.8. The standard InChI is InChI=1S/C15H22N2O2/c1-13-15(18)17(10-8-16-13)9-5-11-19-12-14-6-3-2-4-7-14/h2-4,6-7,13,16H,5,8-12H2,1H3/t13-/m1/s1. The molecule has 0 saturated carbocycles. The summed E-state index contributed by atoms with van der Waals surface area (Å²) in [6.45, 7) is 5.74. The van der Waals surface area contributed by atoms with Crippen molar-refractivity contribution in [1.82, 2.24) is 10.2 Å². The van der Waals surface area contributed by atoms with Gasteiger partial charge in [-0.15, -0.1) is 0 Å². The molecule has 104 valence electrons. The number of carbonyl (C=O) groups is 1. The predicted octanol–water partition coefficient (Wildman–Crippen LogP) is 1.41. The molecule has 0 unspecified atom stereocenters. The van der Waals surface area contributed by atoms with E-state index in [9.17, 15) is 4.79 Å². The number of nitrogens with zero attached hydrogens (tertiary/aromatic N) is 1. The minimum absolute atomic E-state index is 0.0426. The molecule has 0 bridgehead atoms. The lowest BCUT2D eigenvalue weighted by atomic mass is 10.2. The third-order valence-electron chi connectivity index (χ3n) is 3.34. The van der Waals surface area contributed by atoms with Crippen molar-refractivity contribution in [3.63, 3.8) is 0 Å². The zero-order valence-corrected chi connectivity index (χ0v) is 11.5. The maximum atomic E-state index is 11.8. The number of hydrogen-bond acceptors (Lipinski definition) is 3. The highest BCUT2D eigenvalue weighted by Crippen LogP contribution is 2.04. The predicted molar refractivity (Wildman–Crippen MR) is 74.8 cm³/mol. The number of hydrogen-bond donors (Lipinski definition) is 1. The maximum absolute atomic E-state index is 11.8. The molecular weight excluding hydrogens is 240 g/mol. The van der Waals surface area contributed by atoms with Gasteiger partial charge in [0.1, 0.15) is 0 Å². The van der Waals surface area contributed by atoms with E-state index < -0.39 is 0 Å². The number of amides is 1. The minimum Gasteiger partial charge on any atom is -0.377 e. The van der Waals surface area contributed by atoms with Gasteiger partial charge in [-0.3, -0.25) is 4.79 Å². The first-order valence-electron chi connectivity index (χ1n) is 6.91. The maximum Gasteiger partial charge on any atom is 0.239 e. The van der Waals surface area contributed by atoms with Gasteiger partial charge in [0.15, 0.2) is 0 Å². The minimum atomic E-state index is -0.0426. The van der Waals surface area contributed by atoms with Gasteiger partial charge in [-0.1, -0.05) is 30.3 Å². The lowest BCUT2D eigenvalue weighted by Crippen LogP contribution is -2.53. The van der Waals surface area contributed by atoms with Crippen LogP contribution in [0.1, 0.15) is 18.9 Å². The summed E-state index contributed by atoms with van der Waals surface area (Å²) in [5, 5.41) is 3.16. The average molecular weight is 262 g/mol. The van der Waals surface area contributed by atoms with E-state index in [0.717, 1.165) is 26.1 Å². The van der Waals surface area contributed by atoms with E-state index in [2.05, 4.69) is 17.4 Å². The van der Waals surface area contributed by atoms with Gasteiger partial charge in [0.2, 0.25) is 5.91 Å². The second kappa shape index (κ2) is 7.26. The summed E-state index contributed by atoms with van der Waals surface area (Å²) in [5.41, 5.74) is 1.19. The smallest absolute Gasteiger partial charge is 0.239 e. The Balaban J connectivity index is 1.60. The SMILES string of the molecule is C[C@H]1NCCN(CCCOCc2ccccc2)C1=O. The monoisotopic (exact) mass is 262 g/mol. The van der Waals surface area contributed by atoms with Gasteiger partial charge in [-0.05, 0) is 18.9 Å². The topological polar surface area (TPSA) is 41.6 Å². The van der Waals surface area contributed by atoms with E-state index in [1.54, 1.807) is 0 Å². The van der Waals surface area contributed by atoms with Crippen LogP contribution in [0.3, 0.4) is 0 Å². The highest BCUT2D eigenvalue weighted by atomic mass is 16.5. The lowest BCUT2D eigenvalue weighted by molar-refractivity contribution is -0.135. The van der Waals surface area contributed by atoms with Crippen molar-refractivity contribution in [3.8, 4) is 0 Å². The van der Waals surface area contributed by atoms with Crippen molar-refractivity contribution in [2.75, 3.05) is 26.2 Å². The average Bonchev–Trinajstić information content (AvgIpc) is 2.44. The molecule has 0 spiro atoms. The summed E-state index contributed by atoms with van der Waals surface area (Å²) in [6.07, 6.45) is 0.894. The van der Waals surface area contributed by atoms with Gasteiger partial charge < -0.3 is 15.0 Å². The Morgan fingerprint density at radius 1 is 1.37 bits per heavy atom. The van der Waals surface area contributed by atoms with E-state index in [-0.39, 0.29) is 11.9 Å². The quantitative estimate of drug-likeness (QED) is 0.788. The molecular formula is C15H22N2O2. The Morgan fingerprint density at radius 2 is 2.16 bits per heavy atom. The van der Waals surface area contributed by atoms with E-state index in [0.29, 0.717) is 13.2 Å². The molecule has 1 saturated heterocycles. The first-order valence-corrected chi connectivity index (χ1v) is 6.91. The van der Waals surface area contributed by atoms with Crippen LogP contribution in [-0.2, 0) is 16.1 Å². The van der Waals surface area contributed by atoms with Crippen LogP contribution in [0, 0.1) is 0 Å². The van der Waals surface area contributed by atoms with Crippen LogP contribution in [-0.4, -0.2) is 43.1 Å². The zero-order valence-electron chi connectivity index (χ0n) is 11.5. The molecule has 1 atom stereocenters. The first kappa shape index (κ1) is 14.0. The summed E-state index contributed by atoms with van der Waals surface area (Å²) in [6, 6.07) is 10.1. The molecule has 0 radical (unpaired) electrons. The van der Waals surface area contributed by atoms with Crippen LogP contribution >= 0.6 is 0 Å². The van der Waals surface area contributed by atoms with Crippen LogP contribution in [0.5, 0.6) is 0 Å². The van der Waals surface area contributed by atoms with E-state index >= 15 is 0 Å². The highest BCUT2D eigenvalue weighted by molar-refractivity contribution is 5.82. The van der Waals surface area contributed by atoms with Gasteiger partial charge in [0.25, 0.3) is 0 Å². The third-order valence-corrected chi connectivity index (χ3v) is 3.34. The lowest BCUT2D eigenvalue weighted by Gasteiger charge is -2.31.